The fourth-order valence-corrected chi connectivity index (χ4v) is 1.56. The zero-order chi connectivity index (χ0) is 10.2. The lowest BCUT2D eigenvalue weighted by molar-refractivity contribution is 0.0783. The smallest absolute Gasteiger partial charge is 0.126 e. The number of hydrogen-bond donors (Lipinski definition) is 1. The van der Waals surface area contributed by atoms with Crippen LogP contribution in [0.5, 0.6) is 0 Å². The van der Waals surface area contributed by atoms with Crippen LogP contribution in [0.3, 0.4) is 0 Å². The van der Waals surface area contributed by atoms with E-state index in [2.05, 4.69) is 0 Å². The molecule has 0 atom stereocenters. The Morgan fingerprint density at radius 2 is 1.92 bits per heavy atom. The molecule has 0 aliphatic rings. The van der Waals surface area contributed by atoms with Crippen LogP contribution in [0.25, 0.3) is 0 Å². The van der Waals surface area contributed by atoms with E-state index in [0.717, 1.165) is 0 Å². The number of hydrogen-bond acceptors (Lipinski definition) is 1. The van der Waals surface area contributed by atoms with E-state index in [-0.39, 0.29) is 5.82 Å². The van der Waals surface area contributed by atoms with Gasteiger partial charge in [0.1, 0.15) is 5.82 Å². The number of benzene rings is 1. The van der Waals surface area contributed by atoms with Gasteiger partial charge >= 0.3 is 0 Å². The van der Waals surface area contributed by atoms with Crippen molar-refractivity contribution in [3.05, 3.63) is 34.1 Å². The molecule has 0 amide bonds. The minimum Gasteiger partial charge on any atom is -0.386 e. The van der Waals surface area contributed by atoms with E-state index < -0.39 is 5.60 Å². The average Bonchev–Trinajstić information content (AvgIpc) is 1.94. The first-order valence-corrected chi connectivity index (χ1v) is 4.38. The molecule has 0 radical (unpaired) electrons. The Morgan fingerprint density at radius 1 is 1.38 bits per heavy atom. The second-order valence-corrected chi connectivity index (χ2v) is 4.05. The molecule has 0 saturated carbocycles. The quantitative estimate of drug-likeness (QED) is 0.742. The molecule has 1 N–H and O–H groups in total. The van der Waals surface area contributed by atoms with Crippen LogP contribution in [0.4, 0.5) is 4.39 Å². The van der Waals surface area contributed by atoms with E-state index in [4.69, 9.17) is 11.6 Å². The fraction of sp³-hybridized carbons (Fsp3) is 0.400. The van der Waals surface area contributed by atoms with Gasteiger partial charge in [-0.3, -0.25) is 0 Å². The van der Waals surface area contributed by atoms with Crippen molar-refractivity contribution < 1.29 is 9.50 Å². The summed E-state index contributed by atoms with van der Waals surface area (Å²) in [5.41, 5.74) is -0.207. The molecule has 0 aliphatic carbocycles. The molecule has 1 rings (SSSR count). The molecule has 0 aliphatic heterocycles. The summed E-state index contributed by atoms with van der Waals surface area (Å²) in [4.78, 5) is 0. The SMILES string of the molecule is Cc1cc(Cl)c(C(C)(C)O)cc1F. The average molecular weight is 203 g/mol. The molecule has 13 heavy (non-hydrogen) atoms. The highest BCUT2D eigenvalue weighted by Gasteiger charge is 2.20. The maximum Gasteiger partial charge on any atom is 0.126 e. The predicted octanol–water partition coefficient (Wildman–Crippen LogP) is 3.01. The number of aryl methyl sites for hydroxylation is 1. The van der Waals surface area contributed by atoms with Crippen molar-refractivity contribution >= 4 is 11.6 Å². The van der Waals surface area contributed by atoms with Crippen LogP contribution >= 0.6 is 11.6 Å². The largest absolute Gasteiger partial charge is 0.386 e. The first-order chi connectivity index (χ1) is 5.82. The molecule has 0 heterocycles. The Labute approximate surface area is 82.2 Å². The summed E-state index contributed by atoms with van der Waals surface area (Å²) in [6.45, 7) is 4.78. The molecule has 0 spiro atoms. The highest BCUT2D eigenvalue weighted by molar-refractivity contribution is 6.31. The Hall–Kier alpha value is -0.600. The van der Waals surface area contributed by atoms with Crippen LogP contribution in [0, 0.1) is 12.7 Å². The highest BCUT2D eigenvalue weighted by Crippen LogP contribution is 2.29. The molecule has 3 heteroatoms. The molecule has 1 nitrogen and oxygen atoms in total. The van der Waals surface area contributed by atoms with Crippen molar-refractivity contribution in [1.82, 2.24) is 0 Å². The zero-order valence-corrected chi connectivity index (χ0v) is 8.61. The van der Waals surface area contributed by atoms with Gasteiger partial charge in [0.2, 0.25) is 0 Å². The van der Waals surface area contributed by atoms with E-state index >= 15 is 0 Å². The number of halogens is 2. The van der Waals surface area contributed by atoms with Gasteiger partial charge in [-0.05, 0) is 38.5 Å². The van der Waals surface area contributed by atoms with Gasteiger partial charge in [0, 0.05) is 10.6 Å². The standard InChI is InChI=1S/C10H12ClFO/c1-6-4-8(11)7(5-9(6)12)10(2,3)13/h4-5,13H,1-3H3. The van der Waals surface area contributed by atoms with Crippen LogP contribution in [-0.2, 0) is 5.60 Å². The summed E-state index contributed by atoms with van der Waals surface area (Å²) in [6, 6.07) is 2.79. The molecule has 0 aromatic heterocycles. The van der Waals surface area contributed by atoms with Crippen molar-refractivity contribution in [3.8, 4) is 0 Å². The Morgan fingerprint density at radius 3 is 2.38 bits per heavy atom. The summed E-state index contributed by atoms with van der Waals surface area (Å²) in [5, 5.41) is 10.0. The van der Waals surface area contributed by atoms with Crippen molar-refractivity contribution in [2.45, 2.75) is 26.4 Å². The molecule has 0 bridgehead atoms. The van der Waals surface area contributed by atoms with Crippen LogP contribution in [-0.4, -0.2) is 5.11 Å². The van der Waals surface area contributed by atoms with Crippen LogP contribution < -0.4 is 0 Å². The minimum atomic E-state index is -1.11. The molecule has 0 fully saturated rings. The Bertz CT molecular complexity index is 328. The summed E-state index contributed by atoms with van der Waals surface area (Å²) >= 11 is 5.86. The summed E-state index contributed by atoms with van der Waals surface area (Å²) < 4.78 is 13.1. The monoisotopic (exact) mass is 202 g/mol. The second kappa shape index (κ2) is 3.28. The van der Waals surface area contributed by atoms with Crippen molar-refractivity contribution in [2.75, 3.05) is 0 Å². The van der Waals surface area contributed by atoms with Gasteiger partial charge in [0.15, 0.2) is 0 Å². The summed E-state index contributed by atoms with van der Waals surface area (Å²) in [6.07, 6.45) is 0. The van der Waals surface area contributed by atoms with Gasteiger partial charge in [-0.2, -0.15) is 0 Å². The third-order valence-corrected chi connectivity index (χ3v) is 2.22. The van der Waals surface area contributed by atoms with Gasteiger partial charge in [0.05, 0.1) is 5.60 Å². The van der Waals surface area contributed by atoms with Gasteiger partial charge < -0.3 is 5.11 Å². The van der Waals surface area contributed by atoms with Crippen LogP contribution in [0.2, 0.25) is 5.02 Å². The van der Waals surface area contributed by atoms with Gasteiger partial charge in [-0.1, -0.05) is 11.6 Å². The van der Waals surface area contributed by atoms with E-state index in [1.807, 2.05) is 0 Å². The maximum atomic E-state index is 13.1. The van der Waals surface area contributed by atoms with Crippen LogP contribution in [0.1, 0.15) is 25.0 Å². The van der Waals surface area contributed by atoms with E-state index in [1.54, 1.807) is 20.8 Å². The van der Waals surface area contributed by atoms with E-state index in [0.29, 0.717) is 16.1 Å². The van der Waals surface area contributed by atoms with E-state index in [1.165, 1.54) is 12.1 Å². The second-order valence-electron chi connectivity index (χ2n) is 3.64. The molecule has 72 valence electrons. The number of aliphatic hydroxyl groups is 1. The highest BCUT2D eigenvalue weighted by atomic mass is 35.5. The van der Waals surface area contributed by atoms with Crippen molar-refractivity contribution in [1.29, 1.82) is 0 Å². The summed E-state index contributed by atoms with van der Waals surface area (Å²) in [5.74, 6) is -0.346. The topological polar surface area (TPSA) is 20.2 Å². The lowest BCUT2D eigenvalue weighted by Crippen LogP contribution is -2.16. The Balaban J connectivity index is 3.32. The van der Waals surface area contributed by atoms with Crippen molar-refractivity contribution in [3.63, 3.8) is 0 Å². The third kappa shape index (κ3) is 2.20. The van der Waals surface area contributed by atoms with Crippen molar-refractivity contribution in [2.24, 2.45) is 0 Å². The predicted molar refractivity (Wildman–Crippen MR) is 51.4 cm³/mol. The van der Waals surface area contributed by atoms with E-state index in [9.17, 15) is 9.50 Å². The molecule has 0 unspecified atom stereocenters. The first kappa shape index (κ1) is 10.5. The molecule has 1 aromatic rings. The molecular formula is C10H12ClFO. The normalized spacial score (nSPS) is 11.8. The third-order valence-electron chi connectivity index (χ3n) is 1.91. The minimum absolute atomic E-state index is 0.346. The molecule has 0 saturated heterocycles. The number of rotatable bonds is 1. The lowest BCUT2D eigenvalue weighted by Gasteiger charge is -2.19. The molecule has 1 aromatic carbocycles. The summed E-state index contributed by atoms with van der Waals surface area (Å²) in [7, 11) is 0. The molecular weight excluding hydrogens is 191 g/mol. The zero-order valence-electron chi connectivity index (χ0n) is 7.86. The first-order valence-electron chi connectivity index (χ1n) is 4.01. The lowest BCUT2D eigenvalue weighted by atomic mass is 9.97. The van der Waals surface area contributed by atoms with Gasteiger partial charge in [0.25, 0.3) is 0 Å². The maximum absolute atomic E-state index is 13.1. The Kier molecular flexibility index (Phi) is 2.64. The van der Waals surface area contributed by atoms with Gasteiger partial charge in [-0.15, -0.1) is 0 Å². The fourth-order valence-electron chi connectivity index (χ4n) is 1.12. The van der Waals surface area contributed by atoms with Crippen LogP contribution in [0.15, 0.2) is 12.1 Å². The van der Waals surface area contributed by atoms with Gasteiger partial charge in [-0.25, -0.2) is 4.39 Å².